The summed E-state index contributed by atoms with van der Waals surface area (Å²) in [5, 5.41) is 11.6. The number of benzene rings is 1. The van der Waals surface area contributed by atoms with Crippen molar-refractivity contribution in [3.05, 3.63) is 40.0 Å². The maximum Gasteiger partial charge on any atom is 0.192 e. The maximum absolute atomic E-state index is 11.5. The standard InChI is InChI=1S/C38H65IO6Si/c1-12-31(42-25-29-13-15-32(41-9)16-14-29)22-34-27(4)17-19-38(43-34)24-33(40)28(5)35(44-38)23-36(30(18-20-39)21-26(2)3)45-46(10,11)37(6,7)8/h13-16,18,20,26-28,30-31,33-36,40H,12,17,19,21-25H2,1-11H3/b20-18+/t27-,28+,30+,31+,33-,34-,35-,36+,38+/m0/s1. The highest BCUT2D eigenvalue weighted by molar-refractivity contribution is 14.1. The monoisotopic (exact) mass is 772 g/mol. The lowest BCUT2D eigenvalue weighted by Crippen LogP contribution is -2.57. The number of rotatable bonds is 15. The van der Waals surface area contributed by atoms with E-state index in [1.165, 1.54) is 0 Å². The van der Waals surface area contributed by atoms with Crippen molar-refractivity contribution in [2.45, 2.75) is 161 Å². The Labute approximate surface area is 296 Å². The van der Waals surface area contributed by atoms with E-state index in [0.29, 0.717) is 24.9 Å². The first-order chi connectivity index (χ1) is 21.5. The van der Waals surface area contributed by atoms with Gasteiger partial charge in [0.2, 0.25) is 0 Å². The van der Waals surface area contributed by atoms with Crippen molar-refractivity contribution < 1.29 is 28.5 Å². The molecule has 264 valence electrons. The van der Waals surface area contributed by atoms with Crippen LogP contribution in [0.2, 0.25) is 18.1 Å². The Morgan fingerprint density at radius 2 is 1.74 bits per heavy atom. The molecule has 1 aromatic carbocycles. The van der Waals surface area contributed by atoms with Crippen molar-refractivity contribution in [2.24, 2.45) is 23.7 Å². The molecule has 0 bridgehead atoms. The van der Waals surface area contributed by atoms with E-state index in [1.54, 1.807) is 7.11 Å². The molecule has 0 unspecified atom stereocenters. The van der Waals surface area contributed by atoms with Gasteiger partial charge in [0.15, 0.2) is 14.1 Å². The number of hydrogen-bond acceptors (Lipinski definition) is 6. The Kier molecular flexibility index (Phi) is 15.1. The molecule has 0 saturated carbocycles. The zero-order chi connectivity index (χ0) is 34.3. The Bertz CT molecular complexity index is 1070. The van der Waals surface area contributed by atoms with Gasteiger partial charge in [-0.25, -0.2) is 0 Å². The van der Waals surface area contributed by atoms with Crippen molar-refractivity contribution in [3.63, 3.8) is 0 Å². The number of halogens is 1. The third-order valence-corrected chi connectivity index (χ3v) is 15.8. The number of aliphatic hydroxyl groups is 1. The highest BCUT2D eigenvalue weighted by Crippen LogP contribution is 2.46. The summed E-state index contributed by atoms with van der Waals surface area (Å²) >= 11 is 2.34. The highest BCUT2D eigenvalue weighted by atomic mass is 127. The minimum absolute atomic E-state index is 0.00274. The van der Waals surface area contributed by atoms with Crippen LogP contribution in [0.15, 0.2) is 34.4 Å². The predicted molar refractivity (Wildman–Crippen MR) is 200 cm³/mol. The Morgan fingerprint density at radius 3 is 2.30 bits per heavy atom. The molecule has 9 atom stereocenters. The van der Waals surface area contributed by atoms with Gasteiger partial charge < -0.3 is 28.5 Å². The smallest absolute Gasteiger partial charge is 0.192 e. The maximum atomic E-state index is 11.5. The average Bonchev–Trinajstić information content (AvgIpc) is 2.98. The lowest BCUT2D eigenvalue weighted by molar-refractivity contribution is -0.349. The Morgan fingerprint density at radius 1 is 1.09 bits per heavy atom. The van der Waals surface area contributed by atoms with Crippen LogP contribution in [0.25, 0.3) is 0 Å². The first kappa shape index (κ1) is 39.9. The summed E-state index contributed by atoms with van der Waals surface area (Å²) in [5.74, 6) is 1.29. The van der Waals surface area contributed by atoms with Gasteiger partial charge in [-0.3, -0.25) is 0 Å². The van der Waals surface area contributed by atoms with Crippen LogP contribution in [0.5, 0.6) is 5.75 Å². The van der Waals surface area contributed by atoms with Crippen LogP contribution in [0.1, 0.15) is 106 Å². The second kappa shape index (κ2) is 17.4. The zero-order valence-electron chi connectivity index (χ0n) is 30.7. The fourth-order valence-electron chi connectivity index (χ4n) is 6.68. The third kappa shape index (κ3) is 11.0. The van der Waals surface area contributed by atoms with Crippen molar-refractivity contribution in [1.82, 2.24) is 0 Å². The van der Waals surface area contributed by atoms with Crippen molar-refractivity contribution >= 4 is 30.9 Å². The van der Waals surface area contributed by atoms with E-state index in [4.69, 9.17) is 23.4 Å². The van der Waals surface area contributed by atoms with E-state index in [-0.39, 0.29) is 41.3 Å². The minimum Gasteiger partial charge on any atom is -0.497 e. The number of ether oxygens (including phenoxy) is 4. The third-order valence-electron chi connectivity index (χ3n) is 10.9. The Balaban J connectivity index is 1.78. The van der Waals surface area contributed by atoms with E-state index in [0.717, 1.165) is 49.8 Å². The van der Waals surface area contributed by atoms with Gasteiger partial charge in [-0.1, -0.05) is 96.2 Å². The molecule has 6 nitrogen and oxygen atoms in total. The van der Waals surface area contributed by atoms with Crippen LogP contribution in [0.3, 0.4) is 0 Å². The topological polar surface area (TPSA) is 66.4 Å². The first-order valence-electron chi connectivity index (χ1n) is 17.8. The first-order valence-corrected chi connectivity index (χ1v) is 21.9. The molecule has 1 spiro atoms. The summed E-state index contributed by atoms with van der Waals surface area (Å²) in [5.41, 5.74) is 1.13. The molecule has 0 aliphatic carbocycles. The highest BCUT2D eigenvalue weighted by Gasteiger charge is 2.51. The van der Waals surface area contributed by atoms with E-state index in [1.807, 2.05) is 12.1 Å². The predicted octanol–water partition coefficient (Wildman–Crippen LogP) is 10.1. The van der Waals surface area contributed by atoms with Gasteiger partial charge in [0, 0.05) is 31.1 Å². The number of methoxy groups -OCH3 is 1. The molecule has 1 aromatic rings. The molecule has 2 aliphatic heterocycles. The van der Waals surface area contributed by atoms with Crippen LogP contribution in [0, 0.1) is 23.7 Å². The molecule has 2 heterocycles. The fourth-order valence-corrected chi connectivity index (χ4v) is 8.60. The van der Waals surface area contributed by atoms with E-state index >= 15 is 0 Å². The van der Waals surface area contributed by atoms with Gasteiger partial charge in [-0.2, -0.15) is 0 Å². The van der Waals surface area contributed by atoms with E-state index < -0.39 is 20.2 Å². The van der Waals surface area contributed by atoms with Crippen LogP contribution in [-0.4, -0.2) is 56.8 Å². The summed E-state index contributed by atoms with van der Waals surface area (Å²) in [6.07, 6.45) is 7.60. The molecule has 8 heteroatoms. The lowest BCUT2D eigenvalue weighted by Gasteiger charge is -2.52. The SMILES string of the molecule is CC[C@H](C[C@@H]1O[C@@]2(CC[C@@H]1C)C[C@H](O)[C@@H](C)[C@H](C[C@@H](O[Si](C)(C)C(C)(C)C)[C@H](/C=C/I)CC(C)C)O2)OCc1ccc(OC)cc1. The van der Waals surface area contributed by atoms with E-state index in [9.17, 15) is 5.11 Å². The molecule has 2 saturated heterocycles. The van der Waals surface area contributed by atoms with Crippen molar-refractivity contribution in [1.29, 1.82) is 0 Å². The van der Waals surface area contributed by atoms with Crippen LogP contribution in [0.4, 0.5) is 0 Å². The molecule has 0 radical (unpaired) electrons. The molecule has 2 aliphatic rings. The zero-order valence-corrected chi connectivity index (χ0v) is 33.8. The number of aliphatic hydroxyl groups excluding tert-OH is 1. The van der Waals surface area contributed by atoms with E-state index in [2.05, 4.69) is 113 Å². The summed E-state index contributed by atoms with van der Waals surface area (Å²) in [4.78, 5) is 0. The molecular weight excluding hydrogens is 707 g/mol. The summed E-state index contributed by atoms with van der Waals surface area (Å²) in [7, 11) is -0.385. The van der Waals surface area contributed by atoms with Gasteiger partial charge in [0.05, 0.1) is 44.2 Å². The Hall–Kier alpha value is -0.493. The largest absolute Gasteiger partial charge is 0.497 e. The molecule has 1 N–H and O–H groups in total. The minimum atomic E-state index is -2.07. The molecule has 2 fully saturated rings. The second-order valence-electron chi connectivity index (χ2n) is 16.1. The fraction of sp³-hybridized carbons (Fsp3) is 0.789. The molecule has 0 aromatic heterocycles. The summed E-state index contributed by atoms with van der Waals surface area (Å²) in [6.45, 7) is 23.4. The summed E-state index contributed by atoms with van der Waals surface area (Å²) < 4.78 is 35.1. The normalized spacial score (nSPS) is 29.7. The van der Waals surface area contributed by atoms with Gasteiger partial charge in [0.25, 0.3) is 0 Å². The van der Waals surface area contributed by atoms with Crippen LogP contribution in [-0.2, 0) is 25.2 Å². The van der Waals surface area contributed by atoms with Gasteiger partial charge in [-0.05, 0) is 77.4 Å². The average molecular weight is 773 g/mol. The lowest BCUT2D eigenvalue weighted by atomic mass is 9.79. The number of hydrogen-bond donors (Lipinski definition) is 1. The van der Waals surface area contributed by atoms with Gasteiger partial charge in [0.1, 0.15) is 5.75 Å². The summed E-state index contributed by atoms with van der Waals surface area (Å²) in [6, 6.07) is 8.07. The van der Waals surface area contributed by atoms with Gasteiger partial charge in [-0.15, -0.1) is 0 Å². The molecule has 0 amide bonds. The quantitative estimate of drug-likeness (QED) is 0.142. The van der Waals surface area contributed by atoms with Crippen molar-refractivity contribution in [2.75, 3.05) is 7.11 Å². The molecule has 3 rings (SSSR count). The molecule has 46 heavy (non-hydrogen) atoms. The molecular formula is C38H65IO6Si. The van der Waals surface area contributed by atoms with Crippen LogP contribution >= 0.6 is 22.6 Å². The van der Waals surface area contributed by atoms with Crippen LogP contribution < -0.4 is 4.74 Å². The van der Waals surface area contributed by atoms with Gasteiger partial charge >= 0.3 is 0 Å². The second-order valence-corrected chi connectivity index (χ2v) is 21.5. The van der Waals surface area contributed by atoms with Crippen molar-refractivity contribution in [3.8, 4) is 5.75 Å².